The first kappa shape index (κ1) is 18.2. The second-order valence-corrected chi connectivity index (χ2v) is 6.10. The lowest BCUT2D eigenvalue weighted by Crippen LogP contribution is -2.48. The van der Waals surface area contributed by atoms with E-state index in [4.69, 9.17) is 5.73 Å². The molecule has 0 bridgehead atoms. The molecule has 21 heavy (non-hydrogen) atoms. The van der Waals surface area contributed by atoms with Crippen LogP contribution in [0, 0.1) is 5.92 Å². The minimum Gasteiger partial charge on any atom is -0.346 e. The van der Waals surface area contributed by atoms with Crippen molar-refractivity contribution < 1.29 is 9.59 Å². The van der Waals surface area contributed by atoms with Crippen molar-refractivity contribution in [2.45, 2.75) is 64.0 Å². The summed E-state index contributed by atoms with van der Waals surface area (Å²) in [5.41, 5.74) is 5.24. The van der Waals surface area contributed by atoms with Gasteiger partial charge in [0.1, 0.15) is 0 Å². The zero-order chi connectivity index (χ0) is 14.5. The second kappa shape index (κ2) is 8.59. The first-order valence-corrected chi connectivity index (χ1v) is 7.93. The largest absolute Gasteiger partial charge is 0.346 e. The van der Waals surface area contributed by atoms with Gasteiger partial charge in [0.25, 0.3) is 0 Å². The van der Waals surface area contributed by atoms with E-state index in [9.17, 15) is 9.59 Å². The summed E-state index contributed by atoms with van der Waals surface area (Å²) in [5.74, 6) is 0.636. The van der Waals surface area contributed by atoms with E-state index in [1.807, 2.05) is 0 Å². The number of nitrogens with two attached hydrogens (primary N) is 1. The van der Waals surface area contributed by atoms with Crippen LogP contribution in [0.2, 0.25) is 0 Å². The lowest BCUT2D eigenvalue weighted by Gasteiger charge is -2.37. The van der Waals surface area contributed by atoms with Crippen LogP contribution in [-0.4, -0.2) is 41.9 Å². The van der Waals surface area contributed by atoms with E-state index in [0.29, 0.717) is 12.1 Å². The van der Waals surface area contributed by atoms with Crippen molar-refractivity contribution in [1.29, 1.82) is 0 Å². The predicted molar refractivity (Wildman–Crippen MR) is 85.2 cm³/mol. The molecule has 0 unspecified atom stereocenters. The number of nitrogens with one attached hydrogen (secondary N) is 1. The molecule has 0 atom stereocenters. The number of carbonyl (C=O) groups excluding carboxylic acids is 2. The first-order chi connectivity index (χ1) is 9.65. The van der Waals surface area contributed by atoms with E-state index in [0.717, 1.165) is 31.6 Å². The SMILES string of the molecule is CCC1CCC(N(C(=O)CNC(=O)CN)C2CC2)CC1.Cl. The maximum absolute atomic E-state index is 12.4. The Hall–Kier alpha value is -0.810. The molecular formula is C15H28ClN3O2. The van der Waals surface area contributed by atoms with Crippen LogP contribution in [0.4, 0.5) is 0 Å². The summed E-state index contributed by atoms with van der Waals surface area (Å²) in [5, 5.41) is 2.60. The number of carbonyl (C=O) groups is 2. The van der Waals surface area contributed by atoms with E-state index in [1.54, 1.807) is 0 Å². The fourth-order valence-corrected chi connectivity index (χ4v) is 3.23. The summed E-state index contributed by atoms with van der Waals surface area (Å²) in [6, 6.07) is 0.799. The fourth-order valence-electron chi connectivity index (χ4n) is 3.23. The van der Waals surface area contributed by atoms with Crippen LogP contribution in [0.1, 0.15) is 51.9 Å². The lowest BCUT2D eigenvalue weighted by atomic mass is 9.84. The van der Waals surface area contributed by atoms with Crippen molar-refractivity contribution in [2.24, 2.45) is 11.7 Å². The second-order valence-electron chi connectivity index (χ2n) is 6.10. The maximum atomic E-state index is 12.4. The van der Waals surface area contributed by atoms with Crippen LogP contribution in [0.3, 0.4) is 0 Å². The van der Waals surface area contributed by atoms with Crippen molar-refractivity contribution in [3.05, 3.63) is 0 Å². The molecule has 0 heterocycles. The van der Waals surface area contributed by atoms with E-state index in [1.165, 1.54) is 19.3 Å². The van der Waals surface area contributed by atoms with E-state index in [-0.39, 0.29) is 37.3 Å². The summed E-state index contributed by atoms with van der Waals surface area (Å²) in [6.45, 7) is 2.29. The van der Waals surface area contributed by atoms with E-state index >= 15 is 0 Å². The molecule has 3 N–H and O–H groups in total. The van der Waals surface area contributed by atoms with Crippen molar-refractivity contribution in [1.82, 2.24) is 10.2 Å². The van der Waals surface area contributed by atoms with Crippen LogP contribution in [0.15, 0.2) is 0 Å². The highest BCUT2D eigenvalue weighted by molar-refractivity contribution is 5.86. The monoisotopic (exact) mass is 317 g/mol. The first-order valence-electron chi connectivity index (χ1n) is 7.93. The number of rotatable bonds is 6. The maximum Gasteiger partial charge on any atom is 0.242 e. The Balaban J connectivity index is 0.00000220. The van der Waals surface area contributed by atoms with Gasteiger partial charge in [-0.1, -0.05) is 13.3 Å². The van der Waals surface area contributed by atoms with Gasteiger partial charge in [0, 0.05) is 12.1 Å². The third-order valence-corrected chi connectivity index (χ3v) is 4.64. The van der Waals surface area contributed by atoms with Gasteiger partial charge < -0.3 is 16.0 Å². The molecule has 2 aliphatic carbocycles. The number of halogens is 1. The molecule has 0 saturated heterocycles. The summed E-state index contributed by atoms with van der Waals surface area (Å²) < 4.78 is 0. The van der Waals surface area contributed by atoms with Crippen molar-refractivity contribution >= 4 is 24.2 Å². The molecule has 0 radical (unpaired) electrons. The summed E-state index contributed by atoms with van der Waals surface area (Å²) in [6.07, 6.45) is 8.17. The summed E-state index contributed by atoms with van der Waals surface area (Å²) in [4.78, 5) is 25.6. The van der Waals surface area contributed by atoms with Gasteiger partial charge >= 0.3 is 0 Å². The molecule has 5 nitrogen and oxygen atoms in total. The quantitative estimate of drug-likeness (QED) is 0.778. The van der Waals surface area contributed by atoms with Crippen molar-refractivity contribution in [3.63, 3.8) is 0 Å². The zero-order valence-electron chi connectivity index (χ0n) is 12.8. The molecule has 0 aromatic carbocycles. The summed E-state index contributed by atoms with van der Waals surface area (Å²) >= 11 is 0. The minimum atomic E-state index is -0.260. The summed E-state index contributed by atoms with van der Waals surface area (Å²) in [7, 11) is 0. The third-order valence-electron chi connectivity index (χ3n) is 4.64. The Morgan fingerprint density at radius 3 is 2.05 bits per heavy atom. The smallest absolute Gasteiger partial charge is 0.242 e. The molecule has 0 aliphatic heterocycles. The molecule has 2 aliphatic rings. The third kappa shape index (κ3) is 5.15. The van der Waals surface area contributed by atoms with Gasteiger partial charge in [-0.15, -0.1) is 12.4 Å². The number of hydrogen-bond acceptors (Lipinski definition) is 3. The van der Waals surface area contributed by atoms with Crippen molar-refractivity contribution in [2.75, 3.05) is 13.1 Å². The molecule has 2 amide bonds. The van der Waals surface area contributed by atoms with Gasteiger partial charge in [-0.05, 0) is 44.4 Å². The van der Waals surface area contributed by atoms with Crippen LogP contribution in [0.5, 0.6) is 0 Å². The standard InChI is InChI=1S/C15H27N3O2.ClH/c1-2-11-3-5-12(6-4-11)18(13-7-8-13)15(20)10-17-14(19)9-16;/h11-13H,2-10,16H2,1H3,(H,17,19);1H. The molecular weight excluding hydrogens is 290 g/mol. The average Bonchev–Trinajstić information content (AvgIpc) is 3.30. The topological polar surface area (TPSA) is 75.4 Å². The van der Waals surface area contributed by atoms with Crippen LogP contribution < -0.4 is 11.1 Å². The molecule has 122 valence electrons. The van der Waals surface area contributed by atoms with Crippen molar-refractivity contribution in [3.8, 4) is 0 Å². The predicted octanol–water partition coefficient (Wildman–Crippen LogP) is 1.44. The average molecular weight is 318 g/mol. The molecule has 0 aromatic rings. The highest BCUT2D eigenvalue weighted by Crippen LogP contribution is 2.36. The minimum absolute atomic E-state index is 0. The Kier molecular flexibility index (Phi) is 7.46. The van der Waals surface area contributed by atoms with Crippen LogP contribution in [0.25, 0.3) is 0 Å². The van der Waals surface area contributed by atoms with Crippen LogP contribution >= 0.6 is 12.4 Å². The lowest BCUT2D eigenvalue weighted by molar-refractivity contribution is -0.136. The van der Waals surface area contributed by atoms with E-state index in [2.05, 4.69) is 17.1 Å². The van der Waals surface area contributed by atoms with Gasteiger partial charge in [0.15, 0.2) is 0 Å². The van der Waals surface area contributed by atoms with Gasteiger partial charge in [0.05, 0.1) is 13.1 Å². The zero-order valence-corrected chi connectivity index (χ0v) is 13.7. The normalized spacial score (nSPS) is 24.9. The molecule has 2 rings (SSSR count). The highest BCUT2D eigenvalue weighted by atomic mass is 35.5. The van der Waals surface area contributed by atoms with Gasteiger partial charge in [-0.25, -0.2) is 0 Å². The number of hydrogen-bond donors (Lipinski definition) is 2. The molecule has 2 saturated carbocycles. The Morgan fingerprint density at radius 2 is 1.62 bits per heavy atom. The molecule has 2 fully saturated rings. The van der Waals surface area contributed by atoms with Crippen LogP contribution in [-0.2, 0) is 9.59 Å². The molecule has 0 spiro atoms. The number of amides is 2. The molecule has 6 heteroatoms. The van der Waals surface area contributed by atoms with Gasteiger partial charge in [-0.3, -0.25) is 9.59 Å². The Labute approximate surface area is 133 Å². The van der Waals surface area contributed by atoms with Gasteiger partial charge in [-0.2, -0.15) is 0 Å². The fraction of sp³-hybridized carbons (Fsp3) is 0.867. The van der Waals surface area contributed by atoms with E-state index < -0.39 is 0 Å². The van der Waals surface area contributed by atoms with Gasteiger partial charge in [0.2, 0.25) is 11.8 Å². The highest BCUT2D eigenvalue weighted by Gasteiger charge is 2.38. The Morgan fingerprint density at radius 1 is 1.10 bits per heavy atom. The number of nitrogens with zero attached hydrogens (tertiary/aromatic N) is 1. The molecule has 0 aromatic heterocycles. The Bertz CT molecular complexity index is 353.